The third-order valence-corrected chi connectivity index (χ3v) is 3.47. The molecule has 0 aliphatic carbocycles. The summed E-state index contributed by atoms with van der Waals surface area (Å²) in [5, 5.41) is 9.27. The van der Waals surface area contributed by atoms with Crippen LogP contribution in [0.2, 0.25) is 0 Å². The van der Waals surface area contributed by atoms with Crippen molar-refractivity contribution in [2.24, 2.45) is 11.8 Å². The van der Waals surface area contributed by atoms with Gasteiger partial charge in [-0.3, -0.25) is 4.90 Å². The molecule has 0 fully saturated rings. The van der Waals surface area contributed by atoms with E-state index in [2.05, 4.69) is 0 Å². The fraction of sp³-hybridized carbons (Fsp3) is 0.556. The summed E-state index contributed by atoms with van der Waals surface area (Å²) in [7, 11) is 0. The van der Waals surface area contributed by atoms with E-state index in [1.165, 1.54) is 6.07 Å². The topological polar surface area (TPSA) is 70.1 Å². The smallest absolute Gasteiger partial charge is 0.415 e. The Hall–Kier alpha value is -1.95. The molecule has 2 amide bonds. The molecule has 0 aromatic heterocycles. The Bertz CT molecular complexity index is 568. The highest BCUT2D eigenvalue weighted by atomic mass is 35.5. The molecule has 0 bridgehead atoms. The number of nitrogens with zero attached hydrogens (tertiary/aromatic N) is 2. The van der Waals surface area contributed by atoms with E-state index >= 15 is 0 Å². The lowest BCUT2D eigenvalue weighted by Crippen LogP contribution is -2.39. The number of ether oxygens (including phenoxy) is 1. The Morgan fingerprint density at radius 2 is 1.76 bits per heavy atom. The maximum Gasteiger partial charge on any atom is 0.415 e. The van der Waals surface area contributed by atoms with Crippen LogP contribution in [0.4, 0.5) is 15.3 Å². The van der Waals surface area contributed by atoms with E-state index in [0.29, 0.717) is 36.4 Å². The van der Waals surface area contributed by atoms with Crippen molar-refractivity contribution in [3.8, 4) is 5.75 Å². The summed E-state index contributed by atoms with van der Waals surface area (Å²) in [4.78, 5) is 26.6. The van der Waals surface area contributed by atoms with Crippen LogP contribution in [-0.4, -0.2) is 47.7 Å². The normalized spacial score (nSPS) is 10.8. The molecule has 1 aromatic carbocycles. The minimum absolute atomic E-state index is 0.154. The van der Waals surface area contributed by atoms with Gasteiger partial charge >= 0.3 is 12.2 Å². The molecule has 0 unspecified atom stereocenters. The Labute approximate surface area is 154 Å². The van der Waals surface area contributed by atoms with Crippen molar-refractivity contribution in [1.82, 2.24) is 4.90 Å². The molecule has 25 heavy (non-hydrogen) atoms. The van der Waals surface area contributed by atoms with Crippen molar-refractivity contribution < 1.29 is 19.4 Å². The van der Waals surface area contributed by atoms with Gasteiger partial charge in [0.2, 0.25) is 0 Å². The zero-order chi connectivity index (χ0) is 19.0. The number of carboxylic acid groups (broad SMARTS) is 1. The zero-order valence-corrected chi connectivity index (χ0v) is 16.0. The summed E-state index contributed by atoms with van der Waals surface area (Å²) < 4.78 is 5.46. The molecule has 140 valence electrons. The van der Waals surface area contributed by atoms with Crippen LogP contribution in [0.1, 0.15) is 27.7 Å². The second-order valence-electron chi connectivity index (χ2n) is 6.68. The lowest BCUT2D eigenvalue weighted by Gasteiger charge is -2.25. The van der Waals surface area contributed by atoms with Crippen molar-refractivity contribution in [2.75, 3.05) is 30.4 Å². The summed E-state index contributed by atoms with van der Waals surface area (Å²) in [6, 6.07) is 6.45. The fourth-order valence-electron chi connectivity index (χ4n) is 2.41. The standard InChI is InChI=1S/C18H27ClN2O4/c1-13(2)11-20(12-14(3)4)18(24)25-16-7-5-6-15(10-16)21(9-8-19)17(22)23/h5-7,10,13-14H,8-9,11-12H2,1-4H3,(H,22,23). The molecule has 1 N–H and O–H groups in total. The second-order valence-corrected chi connectivity index (χ2v) is 7.06. The molecule has 0 heterocycles. The van der Waals surface area contributed by atoms with Gasteiger partial charge in [0.15, 0.2) is 0 Å². The fourth-order valence-corrected chi connectivity index (χ4v) is 2.57. The number of rotatable bonds is 8. The van der Waals surface area contributed by atoms with Gasteiger partial charge < -0.3 is 14.7 Å². The van der Waals surface area contributed by atoms with Crippen LogP contribution in [0.25, 0.3) is 0 Å². The molecule has 7 heteroatoms. The van der Waals surface area contributed by atoms with Crippen LogP contribution in [-0.2, 0) is 0 Å². The average Bonchev–Trinajstić information content (AvgIpc) is 2.51. The van der Waals surface area contributed by atoms with Gasteiger partial charge in [-0.15, -0.1) is 11.6 Å². The third kappa shape index (κ3) is 7.22. The first-order chi connectivity index (χ1) is 11.7. The number of hydrogen-bond donors (Lipinski definition) is 1. The van der Waals surface area contributed by atoms with E-state index < -0.39 is 12.2 Å². The molecular weight excluding hydrogens is 344 g/mol. The summed E-state index contributed by atoms with van der Waals surface area (Å²) in [5.41, 5.74) is 0.415. The van der Waals surface area contributed by atoms with Crippen LogP contribution in [0.3, 0.4) is 0 Å². The van der Waals surface area contributed by atoms with Gasteiger partial charge in [-0.05, 0) is 24.0 Å². The van der Waals surface area contributed by atoms with E-state index in [1.54, 1.807) is 23.1 Å². The number of alkyl halides is 1. The van der Waals surface area contributed by atoms with E-state index in [1.807, 2.05) is 27.7 Å². The third-order valence-electron chi connectivity index (χ3n) is 3.30. The predicted molar refractivity (Wildman–Crippen MR) is 99.8 cm³/mol. The van der Waals surface area contributed by atoms with Crippen LogP contribution < -0.4 is 9.64 Å². The minimum atomic E-state index is -1.11. The van der Waals surface area contributed by atoms with Crippen molar-refractivity contribution in [3.05, 3.63) is 24.3 Å². The van der Waals surface area contributed by atoms with E-state index in [-0.39, 0.29) is 12.4 Å². The number of carbonyl (C=O) groups is 2. The number of benzene rings is 1. The lowest BCUT2D eigenvalue weighted by atomic mass is 10.1. The Morgan fingerprint density at radius 3 is 2.24 bits per heavy atom. The van der Waals surface area contributed by atoms with Gasteiger partial charge in [-0.1, -0.05) is 33.8 Å². The number of amides is 2. The highest BCUT2D eigenvalue weighted by molar-refractivity contribution is 6.18. The van der Waals surface area contributed by atoms with Crippen molar-refractivity contribution in [1.29, 1.82) is 0 Å². The van der Waals surface area contributed by atoms with Crippen LogP contribution in [0, 0.1) is 11.8 Å². The molecule has 0 saturated carbocycles. The molecule has 0 aliphatic rings. The van der Waals surface area contributed by atoms with E-state index in [9.17, 15) is 14.7 Å². The number of hydrogen-bond acceptors (Lipinski definition) is 3. The summed E-state index contributed by atoms with van der Waals surface area (Å²) in [6.45, 7) is 9.52. The highest BCUT2D eigenvalue weighted by Gasteiger charge is 2.19. The van der Waals surface area contributed by atoms with Crippen molar-refractivity contribution >= 4 is 29.5 Å². The van der Waals surface area contributed by atoms with Crippen LogP contribution in [0.15, 0.2) is 24.3 Å². The maximum absolute atomic E-state index is 12.5. The van der Waals surface area contributed by atoms with Gasteiger partial charge in [0.1, 0.15) is 5.75 Å². The lowest BCUT2D eigenvalue weighted by molar-refractivity contribution is 0.140. The molecule has 0 atom stereocenters. The van der Waals surface area contributed by atoms with Crippen molar-refractivity contribution in [3.63, 3.8) is 0 Å². The van der Waals surface area contributed by atoms with Gasteiger partial charge in [0.05, 0.1) is 5.69 Å². The zero-order valence-electron chi connectivity index (χ0n) is 15.2. The molecule has 0 radical (unpaired) electrons. The molecular formula is C18H27ClN2O4. The second kappa shape index (κ2) is 10.1. The number of carbonyl (C=O) groups excluding carboxylic acids is 1. The Balaban J connectivity index is 2.91. The quantitative estimate of drug-likeness (QED) is 0.683. The molecule has 0 spiro atoms. The highest BCUT2D eigenvalue weighted by Crippen LogP contribution is 2.22. The maximum atomic E-state index is 12.5. The van der Waals surface area contributed by atoms with E-state index in [0.717, 1.165) is 4.90 Å². The molecule has 0 saturated heterocycles. The summed E-state index contributed by atoms with van der Waals surface area (Å²) in [5.74, 6) is 1.13. The van der Waals surface area contributed by atoms with Crippen LogP contribution in [0.5, 0.6) is 5.75 Å². The number of anilines is 1. The van der Waals surface area contributed by atoms with Gasteiger partial charge in [-0.2, -0.15) is 0 Å². The molecule has 0 aliphatic heterocycles. The largest absolute Gasteiger partial charge is 0.465 e. The minimum Gasteiger partial charge on any atom is -0.465 e. The summed E-state index contributed by atoms with van der Waals surface area (Å²) in [6.07, 6.45) is -1.54. The first-order valence-electron chi connectivity index (χ1n) is 8.37. The SMILES string of the molecule is CC(C)CN(CC(C)C)C(=O)Oc1cccc(N(CCCl)C(=O)O)c1. The molecule has 6 nitrogen and oxygen atoms in total. The number of halogens is 1. The Morgan fingerprint density at radius 1 is 1.16 bits per heavy atom. The van der Waals surface area contributed by atoms with Gasteiger partial charge in [-0.25, -0.2) is 9.59 Å². The molecule has 1 rings (SSSR count). The van der Waals surface area contributed by atoms with E-state index in [4.69, 9.17) is 16.3 Å². The van der Waals surface area contributed by atoms with Gasteiger partial charge in [0, 0.05) is 31.6 Å². The first kappa shape index (κ1) is 21.1. The molecule has 1 aromatic rings. The first-order valence-corrected chi connectivity index (χ1v) is 8.91. The predicted octanol–water partition coefficient (Wildman–Crippen LogP) is 4.52. The Kier molecular flexibility index (Phi) is 8.55. The summed E-state index contributed by atoms with van der Waals surface area (Å²) >= 11 is 5.66. The van der Waals surface area contributed by atoms with Gasteiger partial charge in [0.25, 0.3) is 0 Å². The average molecular weight is 371 g/mol. The van der Waals surface area contributed by atoms with Crippen LogP contribution >= 0.6 is 11.6 Å². The van der Waals surface area contributed by atoms with Crippen molar-refractivity contribution in [2.45, 2.75) is 27.7 Å². The monoisotopic (exact) mass is 370 g/mol.